The fourth-order valence-electron chi connectivity index (χ4n) is 3.65. The molecule has 2 aromatic heterocycles. The second-order valence-electron chi connectivity index (χ2n) is 7.73. The van der Waals surface area contributed by atoms with Crippen molar-refractivity contribution < 1.29 is 9.84 Å². The Morgan fingerprint density at radius 2 is 1.60 bits per heavy atom. The zero-order valence-corrected chi connectivity index (χ0v) is 19.4. The summed E-state index contributed by atoms with van der Waals surface area (Å²) in [4.78, 5) is 4.20. The molecule has 0 aliphatic heterocycles. The summed E-state index contributed by atoms with van der Waals surface area (Å²) in [7, 11) is 0. The Hall–Kier alpha value is -4.20. The van der Waals surface area contributed by atoms with E-state index < -0.39 is 0 Å². The quantitative estimate of drug-likeness (QED) is 0.239. The predicted octanol–water partition coefficient (Wildman–Crippen LogP) is 6.29. The molecule has 35 heavy (non-hydrogen) atoms. The molecule has 2 heterocycles. The van der Waals surface area contributed by atoms with E-state index in [1.165, 1.54) is 0 Å². The summed E-state index contributed by atoms with van der Waals surface area (Å²) >= 11 is 6.05. The molecule has 5 aromatic rings. The summed E-state index contributed by atoms with van der Waals surface area (Å²) in [6.45, 7) is 0.458. The summed E-state index contributed by atoms with van der Waals surface area (Å²) in [6, 6.07) is 26.8. The van der Waals surface area contributed by atoms with Gasteiger partial charge in [0, 0.05) is 45.9 Å². The Labute approximate surface area is 207 Å². The summed E-state index contributed by atoms with van der Waals surface area (Å²) in [5.74, 6) is 2.64. The molecule has 7 nitrogen and oxygen atoms in total. The lowest BCUT2D eigenvalue weighted by molar-refractivity contribution is 0.311. The Morgan fingerprint density at radius 3 is 2.37 bits per heavy atom. The second-order valence-corrected chi connectivity index (χ2v) is 8.16. The van der Waals surface area contributed by atoms with E-state index in [1.54, 1.807) is 18.3 Å². The van der Waals surface area contributed by atoms with Gasteiger partial charge in [-0.25, -0.2) is 4.98 Å². The molecule has 0 saturated heterocycles. The minimum Gasteiger partial charge on any atom is -0.457 e. The summed E-state index contributed by atoms with van der Waals surface area (Å²) < 4.78 is 5.94. The van der Waals surface area contributed by atoms with Crippen LogP contribution in [-0.4, -0.2) is 33.4 Å². The van der Waals surface area contributed by atoms with Gasteiger partial charge in [0.05, 0.1) is 6.61 Å². The lowest BCUT2D eigenvalue weighted by Crippen LogP contribution is -2.06. The molecule has 8 heteroatoms. The monoisotopic (exact) mass is 483 g/mol. The van der Waals surface area contributed by atoms with Crippen molar-refractivity contribution in [2.24, 2.45) is 0 Å². The van der Waals surface area contributed by atoms with Gasteiger partial charge in [0.15, 0.2) is 5.82 Å². The van der Waals surface area contributed by atoms with Gasteiger partial charge in [-0.1, -0.05) is 48.0 Å². The minimum absolute atomic E-state index is 0.0325. The lowest BCUT2D eigenvalue weighted by atomic mass is 10.0. The van der Waals surface area contributed by atoms with E-state index in [4.69, 9.17) is 21.4 Å². The van der Waals surface area contributed by atoms with Crippen molar-refractivity contribution in [1.29, 1.82) is 0 Å². The van der Waals surface area contributed by atoms with E-state index >= 15 is 0 Å². The van der Waals surface area contributed by atoms with E-state index in [2.05, 4.69) is 25.8 Å². The van der Waals surface area contributed by atoms with Crippen LogP contribution >= 0.6 is 11.6 Å². The highest BCUT2D eigenvalue weighted by Crippen LogP contribution is 2.32. The fourth-order valence-corrected chi connectivity index (χ4v) is 3.78. The SMILES string of the molecule is OCCNc1cc(Oc2ccc(Nc3nnc(-c4ccc(Cl)cc4)c4ccccc34)cc2)ccn1. The van der Waals surface area contributed by atoms with Crippen LogP contribution in [0.25, 0.3) is 22.0 Å². The topological polar surface area (TPSA) is 92.2 Å². The lowest BCUT2D eigenvalue weighted by Gasteiger charge is -2.12. The van der Waals surface area contributed by atoms with Crippen LogP contribution in [0, 0.1) is 0 Å². The van der Waals surface area contributed by atoms with Crippen molar-refractivity contribution in [1.82, 2.24) is 15.2 Å². The maximum absolute atomic E-state index is 8.96. The van der Waals surface area contributed by atoms with Crippen molar-refractivity contribution in [3.63, 3.8) is 0 Å². The number of benzene rings is 3. The number of hydrogen-bond donors (Lipinski definition) is 3. The number of anilines is 3. The number of aliphatic hydroxyl groups is 1. The molecule has 0 unspecified atom stereocenters. The maximum Gasteiger partial charge on any atom is 0.161 e. The number of ether oxygens (including phenoxy) is 1. The number of halogens is 1. The third-order valence-corrected chi connectivity index (χ3v) is 5.56. The maximum atomic E-state index is 8.96. The van der Waals surface area contributed by atoms with Crippen molar-refractivity contribution in [2.75, 3.05) is 23.8 Å². The largest absolute Gasteiger partial charge is 0.457 e. The highest BCUT2D eigenvalue weighted by atomic mass is 35.5. The third kappa shape index (κ3) is 5.32. The van der Waals surface area contributed by atoms with Gasteiger partial charge in [-0.15, -0.1) is 10.2 Å². The van der Waals surface area contributed by atoms with Gasteiger partial charge in [0.2, 0.25) is 0 Å². The summed E-state index contributed by atoms with van der Waals surface area (Å²) in [5.41, 5.74) is 2.62. The number of nitrogens with one attached hydrogen (secondary N) is 2. The van der Waals surface area contributed by atoms with Gasteiger partial charge in [0.25, 0.3) is 0 Å². The number of aromatic nitrogens is 3. The van der Waals surface area contributed by atoms with Gasteiger partial charge >= 0.3 is 0 Å². The zero-order chi connectivity index (χ0) is 24.0. The molecule has 3 N–H and O–H groups in total. The Kier molecular flexibility index (Phi) is 6.70. The fraction of sp³-hybridized carbons (Fsp3) is 0.0741. The molecule has 174 valence electrons. The van der Waals surface area contributed by atoms with Gasteiger partial charge < -0.3 is 20.5 Å². The van der Waals surface area contributed by atoms with Gasteiger partial charge in [0.1, 0.15) is 23.0 Å². The molecule has 0 spiro atoms. The summed E-state index contributed by atoms with van der Waals surface area (Å²) in [6.07, 6.45) is 1.66. The van der Waals surface area contributed by atoms with Crippen molar-refractivity contribution in [3.05, 3.63) is 96.1 Å². The van der Waals surface area contributed by atoms with Crippen LogP contribution in [0.4, 0.5) is 17.3 Å². The number of nitrogens with zero attached hydrogens (tertiary/aromatic N) is 3. The van der Waals surface area contributed by atoms with E-state index in [9.17, 15) is 0 Å². The molecule has 0 saturated carbocycles. The molecule has 0 aliphatic rings. The van der Waals surface area contributed by atoms with Crippen LogP contribution in [0.5, 0.6) is 11.5 Å². The Bertz CT molecular complexity index is 1440. The molecule has 0 radical (unpaired) electrons. The van der Waals surface area contributed by atoms with Crippen LogP contribution < -0.4 is 15.4 Å². The van der Waals surface area contributed by atoms with Crippen LogP contribution in [0.15, 0.2) is 91.1 Å². The number of pyridine rings is 1. The normalized spacial score (nSPS) is 10.8. The van der Waals surface area contributed by atoms with Crippen molar-refractivity contribution in [3.8, 4) is 22.8 Å². The smallest absolute Gasteiger partial charge is 0.161 e. The minimum atomic E-state index is 0.0325. The number of aliphatic hydroxyl groups excluding tert-OH is 1. The molecule has 0 fully saturated rings. The highest BCUT2D eigenvalue weighted by Gasteiger charge is 2.11. The molecule has 3 aromatic carbocycles. The second kappa shape index (κ2) is 10.4. The average Bonchev–Trinajstić information content (AvgIpc) is 2.90. The van der Waals surface area contributed by atoms with E-state index in [0.29, 0.717) is 34.7 Å². The van der Waals surface area contributed by atoms with Crippen LogP contribution in [0.1, 0.15) is 0 Å². The Balaban J connectivity index is 1.35. The first-order valence-electron chi connectivity index (χ1n) is 11.1. The number of fused-ring (bicyclic) bond motifs is 1. The van der Waals surface area contributed by atoms with Crippen LogP contribution in [-0.2, 0) is 0 Å². The summed E-state index contributed by atoms with van der Waals surface area (Å²) in [5, 5.41) is 26.9. The molecular formula is C27H22ClN5O2. The van der Waals surface area contributed by atoms with Crippen LogP contribution in [0.2, 0.25) is 5.02 Å². The van der Waals surface area contributed by atoms with Gasteiger partial charge in [-0.05, 0) is 42.5 Å². The van der Waals surface area contributed by atoms with Crippen LogP contribution in [0.3, 0.4) is 0 Å². The first kappa shape index (κ1) is 22.6. The first-order valence-corrected chi connectivity index (χ1v) is 11.4. The third-order valence-electron chi connectivity index (χ3n) is 5.31. The molecule has 0 aliphatic carbocycles. The average molecular weight is 484 g/mol. The van der Waals surface area contributed by atoms with Crippen molar-refractivity contribution in [2.45, 2.75) is 0 Å². The Morgan fingerprint density at radius 1 is 0.829 bits per heavy atom. The first-order chi connectivity index (χ1) is 17.2. The van der Waals surface area contributed by atoms with E-state index in [1.807, 2.05) is 72.8 Å². The van der Waals surface area contributed by atoms with E-state index in [0.717, 1.165) is 27.7 Å². The number of rotatable bonds is 8. The standard InChI is InChI=1S/C27H22ClN5O2/c28-19-7-5-18(6-8-19)26-23-3-1-2-4-24(23)27(33-32-26)31-20-9-11-21(12-10-20)35-22-13-14-29-25(17-22)30-15-16-34/h1-14,17,34H,15-16H2,(H,29,30)(H,31,33). The molecule has 0 amide bonds. The van der Waals surface area contributed by atoms with Crippen molar-refractivity contribution >= 4 is 39.7 Å². The number of hydrogen-bond acceptors (Lipinski definition) is 7. The zero-order valence-electron chi connectivity index (χ0n) is 18.6. The van der Waals surface area contributed by atoms with Gasteiger partial charge in [-0.3, -0.25) is 0 Å². The predicted molar refractivity (Wildman–Crippen MR) is 140 cm³/mol. The molecular weight excluding hydrogens is 462 g/mol. The van der Waals surface area contributed by atoms with Gasteiger partial charge in [-0.2, -0.15) is 0 Å². The molecule has 5 rings (SSSR count). The van der Waals surface area contributed by atoms with E-state index in [-0.39, 0.29) is 6.61 Å². The highest BCUT2D eigenvalue weighted by molar-refractivity contribution is 6.30. The molecule has 0 atom stereocenters. The molecule has 0 bridgehead atoms.